The number of benzene rings is 2. The van der Waals surface area contributed by atoms with E-state index in [-0.39, 0.29) is 36.9 Å². The quantitative estimate of drug-likeness (QED) is 0.501. The Morgan fingerprint density at radius 2 is 1.53 bits per heavy atom. The molecule has 0 saturated carbocycles. The molecule has 1 aromatic heterocycles. The molecule has 194 valence electrons. The molecule has 0 amide bonds. The van der Waals surface area contributed by atoms with Gasteiger partial charge in [0.25, 0.3) is 0 Å². The Morgan fingerprint density at radius 3 is 2.17 bits per heavy atom. The first-order valence-corrected chi connectivity index (χ1v) is 15.2. The van der Waals surface area contributed by atoms with E-state index in [0.29, 0.717) is 0 Å². The lowest BCUT2D eigenvalue weighted by Crippen LogP contribution is -2.46. The molecule has 2 aliphatic rings. The molecule has 3 aromatic rings. The predicted molar refractivity (Wildman–Crippen MR) is 146 cm³/mol. The summed E-state index contributed by atoms with van der Waals surface area (Å²) in [6, 6.07) is 17.0. The molecule has 0 atom stereocenters. The van der Waals surface area contributed by atoms with Gasteiger partial charge in [-0.1, -0.05) is 50.7 Å². The van der Waals surface area contributed by atoms with Crippen LogP contribution in [0.15, 0.2) is 59.5 Å². The van der Waals surface area contributed by atoms with E-state index < -0.39 is 19.9 Å². The fourth-order valence-electron chi connectivity index (χ4n) is 4.73. The predicted octanol–water partition coefficient (Wildman–Crippen LogP) is 3.10. The van der Waals surface area contributed by atoms with Crippen LogP contribution in [0, 0.1) is 0 Å². The zero-order chi connectivity index (χ0) is 24.6. The Morgan fingerprint density at radius 1 is 0.889 bits per heavy atom. The lowest BCUT2D eigenvalue weighted by Gasteiger charge is -2.35. The largest absolute Gasteiger partial charge is 0.354 e. The van der Waals surface area contributed by atoms with Gasteiger partial charge in [0.15, 0.2) is 9.84 Å². The summed E-state index contributed by atoms with van der Waals surface area (Å²) in [5.74, 6) is 0.682. The first-order valence-electron chi connectivity index (χ1n) is 11.9. The maximum atomic E-state index is 13.0. The number of anilines is 1. The molecule has 2 aromatic carbocycles. The van der Waals surface area contributed by atoms with E-state index >= 15 is 0 Å². The van der Waals surface area contributed by atoms with Crippen molar-refractivity contribution in [3.63, 3.8) is 0 Å². The van der Waals surface area contributed by atoms with E-state index in [4.69, 9.17) is 4.98 Å². The number of pyridine rings is 1. The third-order valence-electron chi connectivity index (χ3n) is 6.93. The molecule has 0 spiro atoms. The Balaban J connectivity index is 0.00000304. The number of aromatic nitrogens is 1. The molecule has 36 heavy (non-hydrogen) atoms. The Labute approximate surface area is 214 Å². The number of piperazine rings is 1. The molecular weight excluding hydrogens is 496 g/mol. The molecule has 5 rings (SSSR count). The monoisotopic (exact) mass is 530 g/mol. The Kier molecular flexibility index (Phi) is 7.70. The second-order valence-electron chi connectivity index (χ2n) is 9.05. The van der Waals surface area contributed by atoms with Gasteiger partial charge in [-0.3, -0.25) is 0 Å². The van der Waals surface area contributed by atoms with E-state index in [1.54, 1.807) is 24.3 Å². The van der Waals surface area contributed by atoms with Crippen molar-refractivity contribution in [2.45, 2.75) is 19.2 Å². The highest BCUT2D eigenvalue weighted by molar-refractivity contribution is 7.92. The van der Waals surface area contributed by atoms with Gasteiger partial charge in [0, 0.05) is 50.2 Å². The Hall–Kier alpha value is -2.53. The van der Waals surface area contributed by atoms with Crippen LogP contribution in [0.1, 0.15) is 14.4 Å². The summed E-state index contributed by atoms with van der Waals surface area (Å²) in [5.41, 5.74) is 1.63. The minimum absolute atomic E-state index is 0. The van der Waals surface area contributed by atoms with Gasteiger partial charge in [0.1, 0.15) is 5.82 Å². The van der Waals surface area contributed by atoms with E-state index in [1.807, 2.05) is 18.2 Å². The highest BCUT2D eigenvalue weighted by Crippen LogP contribution is 2.31. The van der Waals surface area contributed by atoms with Crippen LogP contribution in [0.25, 0.3) is 22.0 Å². The van der Waals surface area contributed by atoms with Gasteiger partial charge in [0.05, 0.1) is 22.1 Å². The van der Waals surface area contributed by atoms with Crippen LogP contribution in [-0.4, -0.2) is 88.3 Å². The maximum absolute atomic E-state index is 13.0. The van der Waals surface area contributed by atoms with E-state index in [9.17, 15) is 16.8 Å². The highest BCUT2D eigenvalue weighted by Gasteiger charge is 2.31. The van der Waals surface area contributed by atoms with Gasteiger partial charge in [-0.15, -0.1) is 0 Å². The molecule has 2 fully saturated rings. The third kappa shape index (κ3) is 5.27. The second-order valence-corrected chi connectivity index (χ2v) is 13.3. The molecule has 0 aliphatic carbocycles. The molecule has 3 heterocycles. The first kappa shape index (κ1) is 26.5. The van der Waals surface area contributed by atoms with Crippen molar-refractivity contribution < 1.29 is 16.8 Å². The summed E-state index contributed by atoms with van der Waals surface area (Å²) in [7, 11) is -6.90. The second kappa shape index (κ2) is 10.5. The van der Waals surface area contributed by atoms with Crippen LogP contribution in [0.4, 0.5) is 5.82 Å². The fourth-order valence-corrected chi connectivity index (χ4v) is 7.60. The van der Waals surface area contributed by atoms with Crippen molar-refractivity contribution in [1.82, 2.24) is 14.2 Å². The minimum Gasteiger partial charge on any atom is -0.354 e. The lowest BCUT2D eigenvalue weighted by molar-refractivity contribution is 0.271. The molecule has 10 heteroatoms. The van der Waals surface area contributed by atoms with Gasteiger partial charge in [0.2, 0.25) is 10.0 Å². The summed E-state index contributed by atoms with van der Waals surface area (Å²) in [6.45, 7) is 7.04. The van der Waals surface area contributed by atoms with Crippen LogP contribution in [0.3, 0.4) is 0 Å². The number of nitrogens with zero attached hydrogens (tertiary/aromatic N) is 4. The number of sulfone groups is 1. The van der Waals surface area contributed by atoms with Crippen LogP contribution < -0.4 is 4.90 Å². The maximum Gasteiger partial charge on any atom is 0.243 e. The zero-order valence-corrected chi connectivity index (χ0v) is 21.4. The normalized spacial score (nSPS) is 19.2. The minimum atomic E-state index is -3.74. The standard InChI is InChI=1S/C25H30N4O4S2.CH4/c1-2-27-11-13-28(14-12-27)25-23-6-4-3-5-21(23)19-24(26-25)20-7-9-22(10-8-20)35(32,33)29-15-17-34(30,31)18-16-29;/h3-10,19H,2,11-18H2,1H3;1H4. The topological polar surface area (TPSA) is 90.9 Å². The number of hydrogen-bond acceptors (Lipinski definition) is 7. The number of hydrogen-bond donors (Lipinski definition) is 0. The fraction of sp³-hybridized carbons (Fsp3) is 0.423. The summed E-state index contributed by atoms with van der Waals surface area (Å²) in [6.07, 6.45) is 0. The number of likely N-dealkylation sites (N-methyl/N-ethyl adjacent to an activating group) is 1. The van der Waals surface area contributed by atoms with Crippen molar-refractivity contribution in [3.8, 4) is 11.3 Å². The highest BCUT2D eigenvalue weighted by atomic mass is 32.2. The molecule has 0 bridgehead atoms. The van der Waals surface area contributed by atoms with Crippen LogP contribution in [0.2, 0.25) is 0 Å². The smallest absolute Gasteiger partial charge is 0.243 e. The molecule has 0 radical (unpaired) electrons. The van der Waals surface area contributed by atoms with E-state index in [0.717, 1.165) is 60.6 Å². The molecule has 0 unspecified atom stereocenters. The van der Waals surface area contributed by atoms with Crippen molar-refractivity contribution in [2.24, 2.45) is 0 Å². The lowest BCUT2D eigenvalue weighted by atomic mass is 10.1. The van der Waals surface area contributed by atoms with Gasteiger partial charge >= 0.3 is 0 Å². The molecule has 2 saturated heterocycles. The number of sulfonamides is 1. The van der Waals surface area contributed by atoms with E-state index in [1.165, 1.54) is 4.31 Å². The average molecular weight is 531 g/mol. The molecule has 2 aliphatic heterocycles. The van der Waals surface area contributed by atoms with Gasteiger partial charge < -0.3 is 9.80 Å². The summed E-state index contributed by atoms with van der Waals surface area (Å²) in [5, 5.41) is 2.21. The van der Waals surface area contributed by atoms with Crippen molar-refractivity contribution in [1.29, 1.82) is 0 Å². The number of fused-ring (bicyclic) bond motifs is 1. The van der Waals surface area contributed by atoms with Gasteiger partial charge in [-0.25, -0.2) is 21.8 Å². The van der Waals surface area contributed by atoms with Crippen molar-refractivity contribution in [2.75, 3.05) is 62.2 Å². The van der Waals surface area contributed by atoms with Crippen molar-refractivity contribution >= 4 is 36.5 Å². The molecule has 0 N–H and O–H groups in total. The van der Waals surface area contributed by atoms with Crippen molar-refractivity contribution in [3.05, 3.63) is 54.6 Å². The SMILES string of the molecule is C.CCN1CCN(c2nc(-c3ccc(S(=O)(=O)N4CCS(=O)(=O)CC4)cc3)cc3ccccc23)CC1. The summed E-state index contributed by atoms with van der Waals surface area (Å²) in [4.78, 5) is 9.95. The van der Waals surface area contributed by atoms with Crippen LogP contribution in [-0.2, 0) is 19.9 Å². The average Bonchev–Trinajstić information content (AvgIpc) is 2.88. The molecule has 8 nitrogen and oxygen atoms in total. The summed E-state index contributed by atoms with van der Waals surface area (Å²) < 4.78 is 50.7. The van der Waals surface area contributed by atoms with Gasteiger partial charge in [-0.2, -0.15) is 4.31 Å². The molecular formula is C26H34N4O4S2. The number of rotatable bonds is 5. The van der Waals surface area contributed by atoms with Crippen LogP contribution >= 0.6 is 0 Å². The first-order chi connectivity index (χ1) is 16.8. The van der Waals surface area contributed by atoms with Crippen LogP contribution in [0.5, 0.6) is 0 Å². The Bertz CT molecular complexity index is 1420. The third-order valence-corrected chi connectivity index (χ3v) is 10.5. The summed E-state index contributed by atoms with van der Waals surface area (Å²) >= 11 is 0. The van der Waals surface area contributed by atoms with E-state index in [2.05, 4.69) is 28.9 Å². The van der Waals surface area contributed by atoms with Gasteiger partial charge in [-0.05, 0) is 30.1 Å². The zero-order valence-electron chi connectivity index (χ0n) is 19.8.